The van der Waals surface area contributed by atoms with Crippen molar-refractivity contribution in [3.63, 3.8) is 0 Å². The highest BCUT2D eigenvalue weighted by atomic mass is 79.9. The molecule has 0 radical (unpaired) electrons. The molecule has 3 N–H and O–H groups in total. The van der Waals surface area contributed by atoms with Gasteiger partial charge in [-0.15, -0.1) is 0 Å². The van der Waals surface area contributed by atoms with Gasteiger partial charge in [0.25, 0.3) is 0 Å². The van der Waals surface area contributed by atoms with Gasteiger partial charge in [0.1, 0.15) is 5.75 Å². The van der Waals surface area contributed by atoms with E-state index in [2.05, 4.69) is 15.9 Å². The number of phenolic OH excluding ortho intramolecular Hbond substituents is 1. The highest BCUT2D eigenvalue weighted by Crippen LogP contribution is 2.32. The number of benzene rings is 2. The number of nitrogens with two attached hydrogens (primary N) is 1. The molecule has 0 aliphatic carbocycles. The van der Waals surface area contributed by atoms with Crippen molar-refractivity contribution in [3.8, 4) is 16.9 Å². The maximum atomic E-state index is 9.51. The molecule has 0 atom stereocenters. The Kier molecular flexibility index (Phi) is 2.64. The molecule has 0 heterocycles. The summed E-state index contributed by atoms with van der Waals surface area (Å²) in [5.41, 5.74) is 7.91. The van der Waals surface area contributed by atoms with E-state index in [1.54, 1.807) is 12.1 Å². The van der Waals surface area contributed by atoms with Crippen LogP contribution in [0.15, 0.2) is 46.9 Å². The summed E-state index contributed by atoms with van der Waals surface area (Å²) in [5.74, 6) is 0.114. The minimum absolute atomic E-state index is 0.114. The Balaban J connectivity index is 2.55. The van der Waals surface area contributed by atoms with Crippen LogP contribution in [0, 0.1) is 0 Å². The van der Waals surface area contributed by atoms with E-state index in [9.17, 15) is 5.11 Å². The fraction of sp³-hybridized carbons (Fsp3) is 0. The van der Waals surface area contributed by atoms with Crippen LogP contribution < -0.4 is 5.73 Å². The van der Waals surface area contributed by atoms with Crippen LogP contribution in [0.5, 0.6) is 5.75 Å². The second kappa shape index (κ2) is 3.95. The molecule has 0 aromatic heterocycles. The van der Waals surface area contributed by atoms with Crippen molar-refractivity contribution >= 4 is 21.6 Å². The molecule has 0 bridgehead atoms. The normalized spacial score (nSPS) is 10.2. The quantitative estimate of drug-likeness (QED) is 0.612. The Morgan fingerprint density at radius 1 is 1.07 bits per heavy atom. The summed E-state index contributed by atoms with van der Waals surface area (Å²) in [6.45, 7) is 0. The molecule has 2 aromatic carbocycles. The van der Waals surface area contributed by atoms with Gasteiger partial charge in [-0.2, -0.15) is 0 Å². The number of hydrogen-bond donors (Lipinski definition) is 2. The molecule has 0 fully saturated rings. The first-order valence-corrected chi connectivity index (χ1v) is 5.31. The van der Waals surface area contributed by atoms with Crippen LogP contribution in [-0.2, 0) is 0 Å². The van der Waals surface area contributed by atoms with Gasteiger partial charge in [-0.25, -0.2) is 0 Å². The van der Waals surface area contributed by atoms with Gasteiger partial charge in [-0.05, 0) is 29.3 Å². The maximum Gasteiger partial charge on any atom is 0.139 e. The lowest BCUT2D eigenvalue weighted by Gasteiger charge is -2.06. The highest BCUT2D eigenvalue weighted by Gasteiger charge is 2.04. The van der Waals surface area contributed by atoms with Crippen LogP contribution in [0.25, 0.3) is 11.1 Å². The SMILES string of the molecule is Nc1ccc(-c2ccccc2Br)cc1O. The van der Waals surface area contributed by atoms with Crippen LogP contribution >= 0.6 is 15.9 Å². The molecule has 3 heteroatoms. The molecular formula is C12H10BrNO. The third-order valence-corrected chi connectivity index (χ3v) is 2.91. The van der Waals surface area contributed by atoms with E-state index in [4.69, 9.17) is 5.73 Å². The predicted molar refractivity (Wildman–Crippen MR) is 65.7 cm³/mol. The van der Waals surface area contributed by atoms with Crippen LogP contribution in [0.4, 0.5) is 5.69 Å². The van der Waals surface area contributed by atoms with Gasteiger partial charge in [0.15, 0.2) is 0 Å². The van der Waals surface area contributed by atoms with Crippen LogP contribution in [-0.4, -0.2) is 5.11 Å². The molecule has 0 saturated heterocycles. The molecule has 0 amide bonds. The monoisotopic (exact) mass is 263 g/mol. The lowest BCUT2D eigenvalue weighted by atomic mass is 10.1. The summed E-state index contributed by atoms with van der Waals surface area (Å²) in [4.78, 5) is 0. The van der Waals surface area contributed by atoms with E-state index < -0.39 is 0 Å². The van der Waals surface area contributed by atoms with Crippen molar-refractivity contribution in [2.75, 3.05) is 5.73 Å². The van der Waals surface area contributed by atoms with E-state index in [1.165, 1.54) is 0 Å². The van der Waals surface area contributed by atoms with E-state index in [1.807, 2.05) is 30.3 Å². The third-order valence-electron chi connectivity index (χ3n) is 2.22. The average molecular weight is 264 g/mol. The summed E-state index contributed by atoms with van der Waals surface area (Å²) in [5, 5.41) is 9.51. The van der Waals surface area contributed by atoms with Gasteiger partial charge in [0, 0.05) is 4.47 Å². The molecule has 2 aromatic rings. The smallest absolute Gasteiger partial charge is 0.139 e. The zero-order valence-electron chi connectivity index (χ0n) is 7.94. The molecule has 15 heavy (non-hydrogen) atoms. The molecule has 2 nitrogen and oxygen atoms in total. The van der Waals surface area contributed by atoms with Gasteiger partial charge >= 0.3 is 0 Å². The van der Waals surface area contributed by atoms with Crippen LogP contribution in [0.1, 0.15) is 0 Å². The first-order valence-electron chi connectivity index (χ1n) is 4.52. The summed E-state index contributed by atoms with van der Waals surface area (Å²) < 4.78 is 0.995. The number of phenols is 1. The minimum atomic E-state index is 0.114. The Hall–Kier alpha value is -1.48. The summed E-state index contributed by atoms with van der Waals surface area (Å²) in [6.07, 6.45) is 0. The first-order chi connectivity index (χ1) is 7.18. The van der Waals surface area contributed by atoms with Gasteiger partial charge in [0.05, 0.1) is 5.69 Å². The molecule has 2 rings (SSSR count). The summed E-state index contributed by atoms with van der Waals surface area (Å²) >= 11 is 3.46. The molecule has 76 valence electrons. The lowest BCUT2D eigenvalue weighted by Crippen LogP contribution is -1.86. The number of anilines is 1. The number of hydrogen-bond acceptors (Lipinski definition) is 2. The third kappa shape index (κ3) is 1.97. The van der Waals surface area contributed by atoms with Gasteiger partial charge < -0.3 is 10.8 Å². The lowest BCUT2D eigenvalue weighted by molar-refractivity contribution is 0.478. The molecule has 0 aliphatic rings. The summed E-state index contributed by atoms with van der Waals surface area (Å²) in [6, 6.07) is 13.1. The van der Waals surface area contributed by atoms with Crippen molar-refractivity contribution in [2.24, 2.45) is 0 Å². The van der Waals surface area contributed by atoms with Gasteiger partial charge in [0.2, 0.25) is 0 Å². The average Bonchev–Trinajstić information content (AvgIpc) is 2.23. The van der Waals surface area contributed by atoms with E-state index in [-0.39, 0.29) is 5.75 Å². The number of halogens is 1. The standard InChI is InChI=1S/C12H10BrNO/c13-10-4-2-1-3-9(10)8-5-6-11(14)12(15)7-8/h1-7,15H,14H2. The molecule has 0 aliphatic heterocycles. The van der Waals surface area contributed by atoms with Crippen molar-refractivity contribution in [2.45, 2.75) is 0 Å². The Labute approximate surface area is 96.5 Å². The first kappa shape index (κ1) is 10.1. The highest BCUT2D eigenvalue weighted by molar-refractivity contribution is 9.10. The van der Waals surface area contributed by atoms with E-state index >= 15 is 0 Å². The van der Waals surface area contributed by atoms with Crippen molar-refractivity contribution in [1.29, 1.82) is 0 Å². The number of rotatable bonds is 1. The van der Waals surface area contributed by atoms with Gasteiger partial charge in [-0.3, -0.25) is 0 Å². The Bertz CT molecular complexity index is 497. The van der Waals surface area contributed by atoms with Crippen molar-refractivity contribution < 1.29 is 5.11 Å². The topological polar surface area (TPSA) is 46.2 Å². The second-order valence-electron chi connectivity index (χ2n) is 3.25. The maximum absolute atomic E-state index is 9.51. The number of aromatic hydroxyl groups is 1. The van der Waals surface area contributed by atoms with Crippen molar-refractivity contribution in [1.82, 2.24) is 0 Å². The Morgan fingerprint density at radius 3 is 2.47 bits per heavy atom. The molecule has 0 saturated carbocycles. The minimum Gasteiger partial charge on any atom is -0.506 e. The fourth-order valence-electron chi connectivity index (χ4n) is 1.41. The van der Waals surface area contributed by atoms with Crippen molar-refractivity contribution in [3.05, 3.63) is 46.9 Å². The van der Waals surface area contributed by atoms with Crippen LogP contribution in [0.2, 0.25) is 0 Å². The van der Waals surface area contributed by atoms with Crippen LogP contribution in [0.3, 0.4) is 0 Å². The zero-order chi connectivity index (χ0) is 10.8. The molecule has 0 spiro atoms. The number of nitrogen functional groups attached to an aromatic ring is 1. The van der Waals surface area contributed by atoms with E-state index in [0.717, 1.165) is 15.6 Å². The largest absolute Gasteiger partial charge is 0.506 e. The Morgan fingerprint density at radius 2 is 1.80 bits per heavy atom. The zero-order valence-corrected chi connectivity index (χ0v) is 9.53. The van der Waals surface area contributed by atoms with E-state index in [0.29, 0.717) is 5.69 Å². The molecular weight excluding hydrogens is 254 g/mol. The van der Waals surface area contributed by atoms with Gasteiger partial charge in [-0.1, -0.05) is 40.2 Å². The second-order valence-corrected chi connectivity index (χ2v) is 4.11. The fourth-order valence-corrected chi connectivity index (χ4v) is 1.92. The predicted octanol–water partition coefficient (Wildman–Crippen LogP) is 3.40. The molecule has 0 unspecified atom stereocenters. The summed E-state index contributed by atoms with van der Waals surface area (Å²) in [7, 11) is 0.